The second-order valence-corrected chi connectivity index (χ2v) is 4.23. The summed E-state index contributed by atoms with van der Waals surface area (Å²) in [7, 11) is 0. The lowest BCUT2D eigenvalue weighted by Crippen LogP contribution is -2.09. The Labute approximate surface area is 96.3 Å². The first-order chi connectivity index (χ1) is 7.66. The van der Waals surface area contributed by atoms with Gasteiger partial charge in [0.15, 0.2) is 0 Å². The number of carbonyl (C=O) groups excluding carboxylic acids is 1. The molecule has 0 saturated carbocycles. The summed E-state index contributed by atoms with van der Waals surface area (Å²) in [6.07, 6.45) is -0.328. The summed E-state index contributed by atoms with van der Waals surface area (Å²) < 4.78 is 4.95. The van der Waals surface area contributed by atoms with Crippen LogP contribution < -0.4 is 5.73 Å². The summed E-state index contributed by atoms with van der Waals surface area (Å²) in [4.78, 5) is 14.8. The molecule has 1 atom stereocenters. The number of nitrogens with two attached hydrogens (primary N) is 1. The van der Waals surface area contributed by atoms with Crippen molar-refractivity contribution in [3.8, 4) is 0 Å². The van der Waals surface area contributed by atoms with Gasteiger partial charge in [0.2, 0.25) is 5.78 Å². The predicted molar refractivity (Wildman–Crippen MR) is 61.8 cm³/mol. The van der Waals surface area contributed by atoms with E-state index in [4.69, 9.17) is 22.1 Å². The summed E-state index contributed by atoms with van der Waals surface area (Å²) in [6.45, 7) is 0.481. The first kappa shape index (κ1) is 9.69. The largest absolute Gasteiger partial charge is 0.396 e. The number of ether oxygens (including phenoxy) is 1. The molecule has 1 aliphatic rings. The topological polar surface area (TPSA) is 71.4 Å². The van der Waals surface area contributed by atoms with E-state index in [0.29, 0.717) is 23.0 Å². The molecule has 1 aromatic carbocycles. The molecule has 3 rings (SSSR count). The van der Waals surface area contributed by atoms with Crippen LogP contribution in [0.5, 0.6) is 0 Å². The molecule has 1 unspecified atom stereocenters. The van der Waals surface area contributed by atoms with Gasteiger partial charge in [0.1, 0.15) is 11.8 Å². The molecule has 16 heavy (non-hydrogen) atoms. The van der Waals surface area contributed by atoms with Crippen LogP contribution in [0.15, 0.2) is 18.2 Å². The Kier molecular flexibility index (Phi) is 1.96. The highest BCUT2D eigenvalue weighted by Crippen LogP contribution is 2.29. The Morgan fingerprint density at radius 1 is 1.56 bits per heavy atom. The number of aromatic nitrogens is 1. The van der Waals surface area contributed by atoms with E-state index in [2.05, 4.69) is 4.98 Å². The van der Waals surface area contributed by atoms with E-state index >= 15 is 0 Å². The van der Waals surface area contributed by atoms with Crippen LogP contribution >= 0.6 is 11.6 Å². The number of hydrogen-bond acceptors (Lipinski definition) is 3. The van der Waals surface area contributed by atoms with Crippen molar-refractivity contribution in [2.75, 3.05) is 12.3 Å². The number of aromatic amines is 1. The zero-order valence-corrected chi connectivity index (χ0v) is 9.04. The molecule has 2 aromatic rings. The lowest BCUT2D eigenvalue weighted by Gasteiger charge is -1.94. The van der Waals surface area contributed by atoms with Crippen molar-refractivity contribution in [1.29, 1.82) is 0 Å². The van der Waals surface area contributed by atoms with Gasteiger partial charge in [-0.1, -0.05) is 11.6 Å². The fourth-order valence-electron chi connectivity index (χ4n) is 1.74. The van der Waals surface area contributed by atoms with Gasteiger partial charge in [-0.3, -0.25) is 4.79 Å². The van der Waals surface area contributed by atoms with Gasteiger partial charge in [-0.15, -0.1) is 0 Å². The lowest BCUT2D eigenvalue weighted by atomic mass is 10.1. The number of halogens is 1. The summed E-state index contributed by atoms with van der Waals surface area (Å²) in [5.41, 5.74) is 7.58. The van der Waals surface area contributed by atoms with Crippen molar-refractivity contribution in [1.82, 2.24) is 4.98 Å². The number of nitrogen functional groups attached to an aromatic ring is 1. The van der Waals surface area contributed by atoms with E-state index in [1.807, 2.05) is 0 Å². The molecule has 1 aliphatic heterocycles. The standard InChI is InChI=1S/C11H9ClN2O2/c12-5-1-2-7-6(3-5)9(13)10(14-7)11(15)8-4-16-8/h1-3,8,14H,4,13H2. The molecule has 3 N–H and O–H groups in total. The number of carbonyl (C=O) groups is 1. The quantitative estimate of drug-likeness (QED) is 0.619. The highest BCUT2D eigenvalue weighted by Gasteiger charge is 2.34. The van der Waals surface area contributed by atoms with Crippen molar-refractivity contribution in [2.45, 2.75) is 6.10 Å². The van der Waals surface area contributed by atoms with E-state index in [1.54, 1.807) is 18.2 Å². The maximum atomic E-state index is 11.8. The van der Waals surface area contributed by atoms with Gasteiger partial charge in [0.05, 0.1) is 12.3 Å². The van der Waals surface area contributed by atoms with Gasteiger partial charge in [-0.05, 0) is 18.2 Å². The van der Waals surface area contributed by atoms with Crippen LogP contribution in [0.2, 0.25) is 5.02 Å². The Balaban J connectivity index is 2.18. The Hall–Kier alpha value is -1.52. The molecule has 1 fully saturated rings. The molecule has 0 amide bonds. The summed E-state index contributed by atoms with van der Waals surface area (Å²) in [5.74, 6) is -0.0928. The Morgan fingerprint density at radius 2 is 2.31 bits per heavy atom. The van der Waals surface area contributed by atoms with Gasteiger partial charge >= 0.3 is 0 Å². The third kappa shape index (κ3) is 1.38. The number of nitrogens with one attached hydrogen (secondary N) is 1. The molecule has 0 radical (unpaired) electrons. The predicted octanol–water partition coefficient (Wildman–Crippen LogP) is 1.99. The summed E-state index contributed by atoms with van der Waals surface area (Å²) in [5, 5.41) is 1.37. The van der Waals surface area contributed by atoms with Crippen LogP contribution in [0.3, 0.4) is 0 Å². The lowest BCUT2D eigenvalue weighted by molar-refractivity contribution is 0.0950. The molecule has 2 heterocycles. The molecule has 82 valence electrons. The molecule has 0 bridgehead atoms. The fraction of sp³-hybridized carbons (Fsp3) is 0.182. The third-order valence-corrected chi connectivity index (χ3v) is 2.91. The van der Waals surface area contributed by atoms with Gasteiger partial charge < -0.3 is 15.5 Å². The second-order valence-electron chi connectivity index (χ2n) is 3.79. The van der Waals surface area contributed by atoms with Gasteiger partial charge in [0, 0.05) is 15.9 Å². The average molecular weight is 237 g/mol. The van der Waals surface area contributed by atoms with Crippen LogP contribution in [0.4, 0.5) is 5.69 Å². The monoisotopic (exact) mass is 236 g/mol. The second kappa shape index (κ2) is 3.23. The van der Waals surface area contributed by atoms with E-state index in [9.17, 15) is 4.79 Å². The Morgan fingerprint density at radius 3 is 3.00 bits per heavy atom. The maximum absolute atomic E-state index is 11.8. The number of ketones is 1. The third-order valence-electron chi connectivity index (χ3n) is 2.67. The fourth-order valence-corrected chi connectivity index (χ4v) is 1.91. The van der Waals surface area contributed by atoms with Crippen LogP contribution in [0, 0.1) is 0 Å². The van der Waals surface area contributed by atoms with Crippen LogP contribution in [-0.4, -0.2) is 23.5 Å². The number of Topliss-reactive ketones (excluding diaryl/α,β-unsaturated/α-hetero) is 1. The molecule has 0 aliphatic carbocycles. The number of H-pyrrole nitrogens is 1. The van der Waals surface area contributed by atoms with Gasteiger partial charge in [0.25, 0.3) is 0 Å². The zero-order chi connectivity index (χ0) is 11.3. The van der Waals surface area contributed by atoms with Crippen molar-refractivity contribution < 1.29 is 9.53 Å². The van der Waals surface area contributed by atoms with Gasteiger partial charge in [-0.2, -0.15) is 0 Å². The first-order valence-electron chi connectivity index (χ1n) is 4.89. The van der Waals surface area contributed by atoms with Crippen molar-refractivity contribution in [2.24, 2.45) is 0 Å². The molecular weight excluding hydrogens is 228 g/mol. The molecule has 1 saturated heterocycles. The SMILES string of the molecule is Nc1c(C(=O)C2CO2)[nH]c2ccc(Cl)cc12. The minimum atomic E-state index is -0.328. The van der Waals surface area contributed by atoms with Gasteiger partial charge in [-0.25, -0.2) is 0 Å². The Bertz CT molecular complexity index is 587. The first-order valence-corrected chi connectivity index (χ1v) is 5.27. The van der Waals surface area contributed by atoms with E-state index in [1.165, 1.54) is 0 Å². The molecule has 1 aromatic heterocycles. The van der Waals surface area contributed by atoms with E-state index in [-0.39, 0.29) is 11.9 Å². The minimum absolute atomic E-state index is 0.0928. The number of fused-ring (bicyclic) bond motifs is 1. The maximum Gasteiger partial charge on any atom is 0.212 e. The number of anilines is 1. The smallest absolute Gasteiger partial charge is 0.212 e. The summed E-state index contributed by atoms with van der Waals surface area (Å²) in [6, 6.07) is 5.30. The highest BCUT2D eigenvalue weighted by molar-refractivity contribution is 6.31. The number of hydrogen-bond donors (Lipinski definition) is 2. The zero-order valence-electron chi connectivity index (χ0n) is 8.29. The number of benzene rings is 1. The summed E-state index contributed by atoms with van der Waals surface area (Å²) >= 11 is 5.88. The van der Waals surface area contributed by atoms with Crippen molar-refractivity contribution in [3.05, 3.63) is 28.9 Å². The molecule has 4 nitrogen and oxygen atoms in total. The average Bonchev–Trinajstić information content (AvgIpc) is 3.05. The number of rotatable bonds is 2. The normalized spacial score (nSPS) is 18.9. The minimum Gasteiger partial charge on any atom is -0.396 e. The van der Waals surface area contributed by atoms with Crippen LogP contribution in [0.25, 0.3) is 10.9 Å². The molecule has 5 heteroatoms. The number of epoxide rings is 1. The van der Waals surface area contributed by atoms with Crippen molar-refractivity contribution >= 4 is 34.0 Å². The highest BCUT2D eigenvalue weighted by atomic mass is 35.5. The molecule has 0 spiro atoms. The van der Waals surface area contributed by atoms with E-state index < -0.39 is 0 Å². The van der Waals surface area contributed by atoms with Crippen molar-refractivity contribution in [3.63, 3.8) is 0 Å². The molecular formula is C11H9ClN2O2. The van der Waals surface area contributed by atoms with E-state index in [0.717, 1.165) is 10.9 Å². The van der Waals surface area contributed by atoms with Crippen LogP contribution in [0.1, 0.15) is 10.5 Å². The van der Waals surface area contributed by atoms with Crippen LogP contribution in [-0.2, 0) is 4.74 Å².